The van der Waals surface area contributed by atoms with Gasteiger partial charge in [0.1, 0.15) is 0 Å². The fourth-order valence-corrected chi connectivity index (χ4v) is 2.10. The maximum Gasteiger partial charge on any atom is 0.0102 e. The zero-order valence-corrected chi connectivity index (χ0v) is 9.47. The highest BCUT2D eigenvalue weighted by Gasteiger charge is 2.36. The van der Waals surface area contributed by atoms with Crippen LogP contribution in [0.25, 0.3) is 0 Å². The van der Waals surface area contributed by atoms with Gasteiger partial charge in [-0.25, -0.2) is 0 Å². The Labute approximate surface area is 83.3 Å². The van der Waals surface area contributed by atoms with Crippen molar-refractivity contribution < 1.29 is 0 Å². The molecule has 3 unspecified atom stereocenters. The second-order valence-corrected chi connectivity index (χ2v) is 4.60. The van der Waals surface area contributed by atoms with E-state index in [2.05, 4.69) is 26.1 Å². The monoisotopic (exact) mass is 183 g/mol. The van der Waals surface area contributed by atoms with E-state index in [1.54, 1.807) is 0 Å². The molecule has 0 bridgehead atoms. The maximum atomic E-state index is 3.72. The smallest absolute Gasteiger partial charge is 0.0102 e. The number of hydrogen-bond donors (Lipinski definition) is 1. The number of hydrogen-bond acceptors (Lipinski definition) is 1. The van der Waals surface area contributed by atoms with Crippen molar-refractivity contribution in [2.45, 2.75) is 71.4 Å². The first-order valence-corrected chi connectivity index (χ1v) is 6.04. The molecule has 0 aliphatic heterocycles. The van der Waals surface area contributed by atoms with Crippen molar-refractivity contribution in [1.29, 1.82) is 0 Å². The van der Waals surface area contributed by atoms with Crippen molar-refractivity contribution in [3.63, 3.8) is 0 Å². The van der Waals surface area contributed by atoms with Crippen LogP contribution < -0.4 is 5.32 Å². The number of rotatable bonds is 7. The lowest BCUT2D eigenvalue weighted by Gasteiger charge is -2.12. The predicted molar refractivity (Wildman–Crippen MR) is 58.9 cm³/mol. The fourth-order valence-electron chi connectivity index (χ4n) is 2.10. The summed E-state index contributed by atoms with van der Waals surface area (Å²) in [6.45, 7) is 6.89. The van der Waals surface area contributed by atoms with E-state index in [4.69, 9.17) is 0 Å². The van der Waals surface area contributed by atoms with Gasteiger partial charge in [0.25, 0.3) is 0 Å². The van der Waals surface area contributed by atoms with Crippen molar-refractivity contribution in [2.24, 2.45) is 5.92 Å². The molecule has 1 aliphatic carbocycles. The highest BCUT2D eigenvalue weighted by molar-refractivity contribution is 4.93. The molecule has 1 saturated carbocycles. The minimum absolute atomic E-state index is 0.742. The zero-order valence-electron chi connectivity index (χ0n) is 9.47. The van der Waals surface area contributed by atoms with Crippen LogP contribution in [0.1, 0.15) is 59.3 Å². The highest BCUT2D eigenvalue weighted by Crippen LogP contribution is 2.35. The first-order chi connectivity index (χ1) is 6.27. The van der Waals surface area contributed by atoms with Crippen LogP contribution in [0.5, 0.6) is 0 Å². The standard InChI is InChI=1S/C12H25N/c1-4-6-8-10(3)13-12-9-11(12)7-5-2/h10-13H,4-9H2,1-3H3. The van der Waals surface area contributed by atoms with Crippen LogP contribution in [-0.2, 0) is 0 Å². The Bertz CT molecular complexity index is 133. The molecular weight excluding hydrogens is 158 g/mol. The molecule has 0 heterocycles. The normalized spacial score (nSPS) is 28.8. The van der Waals surface area contributed by atoms with Crippen LogP contribution in [0.15, 0.2) is 0 Å². The molecule has 13 heavy (non-hydrogen) atoms. The molecule has 1 nitrogen and oxygen atoms in total. The summed E-state index contributed by atoms with van der Waals surface area (Å²) in [6.07, 6.45) is 8.27. The van der Waals surface area contributed by atoms with E-state index in [1.807, 2.05) is 0 Å². The average molecular weight is 183 g/mol. The van der Waals surface area contributed by atoms with Gasteiger partial charge in [-0.05, 0) is 32.1 Å². The van der Waals surface area contributed by atoms with Gasteiger partial charge in [-0.1, -0.05) is 33.1 Å². The molecule has 0 saturated heterocycles. The van der Waals surface area contributed by atoms with Gasteiger partial charge in [0.2, 0.25) is 0 Å². The molecule has 3 atom stereocenters. The predicted octanol–water partition coefficient (Wildman–Crippen LogP) is 3.34. The molecule has 0 aromatic rings. The van der Waals surface area contributed by atoms with Gasteiger partial charge in [0.15, 0.2) is 0 Å². The molecule has 0 spiro atoms. The largest absolute Gasteiger partial charge is 0.311 e. The van der Waals surface area contributed by atoms with Gasteiger partial charge in [-0.2, -0.15) is 0 Å². The number of nitrogens with one attached hydrogen (secondary N) is 1. The Morgan fingerprint density at radius 3 is 2.69 bits per heavy atom. The molecule has 0 aromatic heterocycles. The Balaban J connectivity index is 1.99. The van der Waals surface area contributed by atoms with Crippen LogP contribution in [0.4, 0.5) is 0 Å². The summed E-state index contributed by atoms with van der Waals surface area (Å²) in [5.41, 5.74) is 0. The van der Waals surface area contributed by atoms with E-state index in [9.17, 15) is 0 Å². The van der Waals surface area contributed by atoms with Gasteiger partial charge in [-0.3, -0.25) is 0 Å². The van der Waals surface area contributed by atoms with E-state index in [0.717, 1.165) is 18.0 Å². The van der Waals surface area contributed by atoms with Crippen LogP contribution in [0.3, 0.4) is 0 Å². The molecule has 1 rings (SSSR count). The van der Waals surface area contributed by atoms with Gasteiger partial charge < -0.3 is 5.32 Å². The SMILES string of the molecule is CCCCC(C)NC1CC1CCC. The summed E-state index contributed by atoms with van der Waals surface area (Å²) in [5.74, 6) is 1.01. The third-order valence-corrected chi connectivity index (χ3v) is 3.07. The summed E-state index contributed by atoms with van der Waals surface area (Å²) in [6, 6.07) is 1.61. The first-order valence-electron chi connectivity index (χ1n) is 6.04. The molecule has 1 heteroatoms. The molecular formula is C12H25N. The number of unbranched alkanes of at least 4 members (excludes halogenated alkanes) is 1. The van der Waals surface area contributed by atoms with Gasteiger partial charge in [0, 0.05) is 12.1 Å². The van der Waals surface area contributed by atoms with Crippen molar-refractivity contribution in [3.05, 3.63) is 0 Å². The Morgan fingerprint density at radius 2 is 2.08 bits per heavy atom. The third kappa shape index (κ3) is 4.12. The summed E-state index contributed by atoms with van der Waals surface area (Å²) in [7, 11) is 0. The first kappa shape index (κ1) is 11.0. The lowest BCUT2D eigenvalue weighted by atomic mass is 10.1. The van der Waals surface area contributed by atoms with Crippen molar-refractivity contribution in [1.82, 2.24) is 5.32 Å². The van der Waals surface area contributed by atoms with Gasteiger partial charge in [-0.15, -0.1) is 0 Å². The van der Waals surface area contributed by atoms with Crippen LogP contribution in [0.2, 0.25) is 0 Å². The highest BCUT2D eigenvalue weighted by atomic mass is 15.0. The molecule has 1 aliphatic rings. The van der Waals surface area contributed by atoms with E-state index in [-0.39, 0.29) is 0 Å². The Kier molecular flexibility index (Phi) is 4.79. The summed E-state index contributed by atoms with van der Waals surface area (Å²) >= 11 is 0. The topological polar surface area (TPSA) is 12.0 Å². The van der Waals surface area contributed by atoms with Crippen LogP contribution in [0, 0.1) is 5.92 Å². The Hall–Kier alpha value is -0.0400. The summed E-state index contributed by atoms with van der Waals surface area (Å²) in [5, 5.41) is 3.72. The average Bonchev–Trinajstić information content (AvgIpc) is 2.81. The molecule has 0 aromatic carbocycles. The summed E-state index contributed by atoms with van der Waals surface area (Å²) < 4.78 is 0. The van der Waals surface area contributed by atoms with Gasteiger partial charge >= 0.3 is 0 Å². The van der Waals surface area contributed by atoms with E-state index < -0.39 is 0 Å². The zero-order chi connectivity index (χ0) is 9.68. The maximum absolute atomic E-state index is 3.72. The minimum Gasteiger partial charge on any atom is -0.311 e. The van der Waals surface area contributed by atoms with Crippen molar-refractivity contribution in [3.8, 4) is 0 Å². The fraction of sp³-hybridized carbons (Fsp3) is 1.00. The summed E-state index contributed by atoms with van der Waals surface area (Å²) in [4.78, 5) is 0. The second kappa shape index (κ2) is 5.64. The molecule has 0 amide bonds. The molecule has 78 valence electrons. The lowest BCUT2D eigenvalue weighted by molar-refractivity contribution is 0.473. The van der Waals surface area contributed by atoms with E-state index >= 15 is 0 Å². The molecule has 1 N–H and O–H groups in total. The Morgan fingerprint density at radius 1 is 1.31 bits per heavy atom. The van der Waals surface area contributed by atoms with Crippen LogP contribution in [-0.4, -0.2) is 12.1 Å². The van der Waals surface area contributed by atoms with E-state index in [1.165, 1.54) is 38.5 Å². The van der Waals surface area contributed by atoms with Crippen molar-refractivity contribution in [2.75, 3.05) is 0 Å². The lowest BCUT2D eigenvalue weighted by Crippen LogP contribution is -2.29. The third-order valence-electron chi connectivity index (χ3n) is 3.07. The van der Waals surface area contributed by atoms with Gasteiger partial charge in [0.05, 0.1) is 0 Å². The van der Waals surface area contributed by atoms with E-state index in [0.29, 0.717) is 0 Å². The quantitative estimate of drug-likeness (QED) is 0.638. The minimum atomic E-state index is 0.742. The van der Waals surface area contributed by atoms with Crippen LogP contribution >= 0.6 is 0 Å². The molecule has 0 radical (unpaired) electrons. The molecule has 1 fully saturated rings. The van der Waals surface area contributed by atoms with Crippen molar-refractivity contribution >= 4 is 0 Å². The second-order valence-electron chi connectivity index (χ2n) is 4.60.